The van der Waals surface area contributed by atoms with E-state index in [1.165, 1.54) is 12.8 Å². The normalized spacial score (nSPS) is 18.8. The van der Waals surface area contributed by atoms with Crippen LogP contribution in [0.3, 0.4) is 0 Å². The van der Waals surface area contributed by atoms with Gasteiger partial charge in [0.1, 0.15) is 11.8 Å². The van der Waals surface area contributed by atoms with E-state index in [0.717, 1.165) is 29.9 Å². The van der Waals surface area contributed by atoms with Gasteiger partial charge in [-0.15, -0.1) is 0 Å². The number of rotatable bonds is 10. The minimum atomic E-state index is -0.338. The van der Waals surface area contributed by atoms with Crippen molar-refractivity contribution in [1.82, 2.24) is 16.3 Å². The average molecular weight is 407 g/mol. The number of hydrazine groups is 1. The zero-order valence-corrected chi connectivity index (χ0v) is 17.4. The molecule has 2 aromatic carbocycles. The van der Waals surface area contributed by atoms with Gasteiger partial charge >= 0.3 is 0 Å². The van der Waals surface area contributed by atoms with Crippen LogP contribution in [-0.4, -0.2) is 24.8 Å². The molecule has 0 aliphatic carbocycles. The van der Waals surface area contributed by atoms with Gasteiger partial charge in [0.2, 0.25) is 0 Å². The summed E-state index contributed by atoms with van der Waals surface area (Å²) in [6, 6.07) is 17.7. The van der Waals surface area contributed by atoms with Crippen LogP contribution in [0.5, 0.6) is 5.75 Å². The number of allylic oxidation sites excluding steroid dienone is 1. The number of hydrogen-bond acceptors (Lipinski definition) is 5. The number of nitrogens with zero attached hydrogens (tertiary/aromatic N) is 1. The summed E-state index contributed by atoms with van der Waals surface area (Å²) in [5.41, 5.74) is 11.0. The second-order valence-corrected chi connectivity index (χ2v) is 7.28. The second-order valence-electron chi connectivity index (χ2n) is 7.28. The van der Waals surface area contributed by atoms with E-state index < -0.39 is 0 Å². The summed E-state index contributed by atoms with van der Waals surface area (Å²) in [6.45, 7) is 2.93. The maximum Gasteiger partial charge on any atom is 0.258 e. The molecule has 158 valence electrons. The van der Waals surface area contributed by atoms with Crippen molar-refractivity contribution in [3.63, 3.8) is 0 Å². The molecule has 0 bridgehead atoms. The Balaban J connectivity index is 1.41. The first-order valence-corrected chi connectivity index (χ1v) is 10.5. The lowest BCUT2D eigenvalue weighted by molar-refractivity contribution is -0.122. The highest BCUT2D eigenvalue weighted by molar-refractivity contribution is 5.84. The quantitative estimate of drug-likeness (QED) is 0.317. The van der Waals surface area contributed by atoms with Crippen molar-refractivity contribution in [1.29, 1.82) is 0 Å². The SMILES string of the molecule is CCCCCOc1ccc(C2CC(C(=O)N/N=C/C=C/c3ccccc3)NN2)cc1. The van der Waals surface area contributed by atoms with Crippen molar-refractivity contribution >= 4 is 18.2 Å². The molecule has 0 radical (unpaired) electrons. The molecule has 30 heavy (non-hydrogen) atoms. The first kappa shape index (κ1) is 21.7. The number of benzene rings is 2. The van der Waals surface area contributed by atoms with E-state index in [1.807, 2.05) is 60.7 Å². The van der Waals surface area contributed by atoms with Crippen LogP contribution in [-0.2, 0) is 4.79 Å². The molecule has 1 amide bonds. The summed E-state index contributed by atoms with van der Waals surface area (Å²) in [4.78, 5) is 12.3. The average Bonchev–Trinajstić information content (AvgIpc) is 3.28. The molecule has 2 aromatic rings. The zero-order chi connectivity index (χ0) is 21.0. The fourth-order valence-electron chi connectivity index (χ4n) is 3.23. The van der Waals surface area contributed by atoms with E-state index in [9.17, 15) is 4.79 Å². The molecule has 3 N–H and O–H groups in total. The molecule has 3 rings (SSSR count). The van der Waals surface area contributed by atoms with E-state index in [0.29, 0.717) is 6.42 Å². The first-order chi connectivity index (χ1) is 14.8. The minimum absolute atomic E-state index is 0.0665. The molecule has 1 saturated heterocycles. The molecule has 1 heterocycles. The van der Waals surface area contributed by atoms with Crippen LogP contribution >= 0.6 is 0 Å². The number of hydrazone groups is 1. The molecule has 6 nitrogen and oxygen atoms in total. The lowest BCUT2D eigenvalue weighted by atomic mass is 10.0. The molecule has 2 atom stereocenters. The fourth-order valence-corrected chi connectivity index (χ4v) is 3.23. The van der Waals surface area contributed by atoms with E-state index in [2.05, 4.69) is 28.3 Å². The van der Waals surface area contributed by atoms with Gasteiger partial charge in [0.05, 0.1) is 6.61 Å². The monoisotopic (exact) mass is 406 g/mol. The Hall–Kier alpha value is -2.96. The number of ether oxygens (including phenoxy) is 1. The molecule has 2 unspecified atom stereocenters. The van der Waals surface area contributed by atoms with Crippen LogP contribution in [0.2, 0.25) is 0 Å². The van der Waals surface area contributed by atoms with Gasteiger partial charge in [0, 0.05) is 12.3 Å². The van der Waals surface area contributed by atoms with Gasteiger partial charge in [-0.3, -0.25) is 4.79 Å². The van der Waals surface area contributed by atoms with E-state index in [1.54, 1.807) is 12.3 Å². The third-order valence-corrected chi connectivity index (χ3v) is 4.94. The van der Waals surface area contributed by atoms with Gasteiger partial charge in [-0.2, -0.15) is 5.10 Å². The zero-order valence-electron chi connectivity index (χ0n) is 17.4. The van der Waals surface area contributed by atoms with Crippen molar-refractivity contribution in [2.45, 2.75) is 44.7 Å². The summed E-state index contributed by atoms with van der Waals surface area (Å²) in [6.07, 6.45) is 9.40. The molecule has 0 aromatic heterocycles. The standard InChI is InChI=1S/C24H30N4O2/c1-2-3-7-17-30-21-14-12-20(13-15-21)22-18-23(27-26-22)24(29)28-25-16-8-11-19-9-5-4-6-10-19/h4-6,8-16,22-23,26-27H,2-3,7,17-18H2,1H3,(H,28,29)/b11-8+,25-16+. The topological polar surface area (TPSA) is 74.8 Å². The summed E-state index contributed by atoms with van der Waals surface area (Å²) < 4.78 is 5.76. The maximum absolute atomic E-state index is 12.3. The van der Waals surface area contributed by atoms with Crippen LogP contribution in [0.25, 0.3) is 6.08 Å². The Labute approximate surface area is 178 Å². The largest absolute Gasteiger partial charge is 0.494 e. The Morgan fingerprint density at radius 3 is 2.70 bits per heavy atom. The van der Waals surface area contributed by atoms with E-state index in [-0.39, 0.29) is 18.0 Å². The Kier molecular flexibility index (Phi) is 8.62. The van der Waals surface area contributed by atoms with Crippen LogP contribution in [0.15, 0.2) is 65.8 Å². The summed E-state index contributed by atoms with van der Waals surface area (Å²) >= 11 is 0. The first-order valence-electron chi connectivity index (χ1n) is 10.5. The van der Waals surface area contributed by atoms with Crippen LogP contribution < -0.4 is 21.0 Å². The molecule has 1 aliphatic heterocycles. The predicted octanol–water partition coefficient (Wildman–Crippen LogP) is 3.98. The third kappa shape index (κ3) is 6.83. The summed E-state index contributed by atoms with van der Waals surface area (Å²) in [5.74, 6) is 0.721. The van der Waals surface area contributed by atoms with Crippen molar-refractivity contribution in [2.75, 3.05) is 6.61 Å². The van der Waals surface area contributed by atoms with Crippen molar-refractivity contribution in [2.24, 2.45) is 5.10 Å². The van der Waals surface area contributed by atoms with Gasteiger partial charge < -0.3 is 4.74 Å². The Morgan fingerprint density at radius 2 is 1.93 bits per heavy atom. The molecule has 6 heteroatoms. The highest BCUT2D eigenvalue weighted by Crippen LogP contribution is 2.24. The van der Waals surface area contributed by atoms with Crippen LogP contribution in [0.1, 0.15) is 49.8 Å². The molecule has 1 aliphatic rings. The highest BCUT2D eigenvalue weighted by Gasteiger charge is 2.29. The van der Waals surface area contributed by atoms with E-state index in [4.69, 9.17) is 4.74 Å². The summed E-state index contributed by atoms with van der Waals surface area (Å²) in [5, 5.41) is 3.99. The molecule has 1 fully saturated rings. The number of amides is 1. The lowest BCUT2D eigenvalue weighted by Gasteiger charge is -2.11. The fraction of sp³-hybridized carbons (Fsp3) is 0.333. The van der Waals surface area contributed by atoms with Crippen LogP contribution in [0, 0.1) is 0 Å². The number of hydrogen-bond donors (Lipinski definition) is 3. The number of carbonyl (C=O) groups is 1. The predicted molar refractivity (Wildman–Crippen MR) is 121 cm³/mol. The molecular formula is C24H30N4O2. The van der Waals surface area contributed by atoms with Gasteiger partial charge in [-0.1, -0.05) is 68.3 Å². The van der Waals surface area contributed by atoms with Crippen molar-refractivity contribution < 1.29 is 9.53 Å². The Morgan fingerprint density at radius 1 is 1.13 bits per heavy atom. The molecular weight excluding hydrogens is 376 g/mol. The smallest absolute Gasteiger partial charge is 0.258 e. The van der Waals surface area contributed by atoms with Crippen LogP contribution in [0.4, 0.5) is 0 Å². The van der Waals surface area contributed by atoms with Crippen molar-refractivity contribution in [3.05, 3.63) is 71.8 Å². The Bertz CT molecular complexity index is 834. The van der Waals surface area contributed by atoms with Gasteiger partial charge in [0.15, 0.2) is 0 Å². The van der Waals surface area contributed by atoms with Gasteiger partial charge in [-0.25, -0.2) is 16.3 Å². The van der Waals surface area contributed by atoms with E-state index >= 15 is 0 Å². The number of carbonyl (C=O) groups excluding carboxylic acids is 1. The van der Waals surface area contributed by atoms with Crippen molar-refractivity contribution in [3.8, 4) is 5.75 Å². The van der Waals surface area contributed by atoms with Gasteiger partial charge in [-0.05, 0) is 42.2 Å². The third-order valence-electron chi connectivity index (χ3n) is 4.94. The maximum atomic E-state index is 12.3. The van der Waals surface area contributed by atoms with Gasteiger partial charge in [0.25, 0.3) is 5.91 Å². The lowest BCUT2D eigenvalue weighted by Crippen LogP contribution is -2.41. The summed E-state index contributed by atoms with van der Waals surface area (Å²) in [7, 11) is 0. The second kappa shape index (κ2) is 11.9. The highest BCUT2D eigenvalue weighted by atomic mass is 16.5. The number of nitrogens with one attached hydrogen (secondary N) is 3. The number of unbranched alkanes of at least 4 members (excludes halogenated alkanes) is 2. The minimum Gasteiger partial charge on any atom is -0.494 e. The molecule has 0 saturated carbocycles. The molecule has 0 spiro atoms.